The zero-order valence-corrected chi connectivity index (χ0v) is 17.1. The molecule has 2 aliphatic heterocycles. The molecule has 2 heterocycles. The van der Waals surface area contributed by atoms with Crippen LogP contribution < -0.4 is 19.1 Å². The first-order chi connectivity index (χ1) is 13.3. The number of nitrogens with zero attached hydrogens (tertiary/aromatic N) is 1. The van der Waals surface area contributed by atoms with Crippen molar-refractivity contribution < 1.29 is 22.7 Å². The summed E-state index contributed by atoms with van der Waals surface area (Å²) >= 11 is 1.64. The fourth-order valence-corrected chi connectivity index (χ4v) is 5.33. The Morgan fingerprint density at radius 3 is 2.79 bits per heavy atom. The van der Waals surface area contributed by atoms with Crippen molar-refractivity contribution in [2.75, 3.05) is 18.2 Å². The lowest BCUT2D eigenvalue weighted by Gasteiger charge is -2.32. The van der Waals surface area contributed by atoms with Crippen LogP contribution in [0.25, 0.3) is 0 Å². The Hall–Kier alpha value is -2.23. The zero-order valence-electron chi connectivity index (χ0n) is 15.5. The Kier molecular flexibility index (Phi) is 4.98. The molecule has 0 saturated heterocycles. The lowest BCUT2D eigenvalue weighted by atomic mass is 10.2. The maximum atomic E-state index is 12.8. The molecule has 0 fully saturated rings. The Balaban J connectivity index is 1.56. The minimum atomic E-state index is -3.74. The fourth-order valence-electron chi connectivity index (χ4n) is 3.20. The van der Waals surface area contributed by atoms with Gasteiger partial charge in [-0.3, -0.25) is 4.79 Å². The van der Waals surface area contributed by atoms with Crippen molar-refractivity contribution in [1.82, 2.24) is 4.72 Å². The smallest absolute Gasteiger partial charge is 0.240 e. The third-order valence-electron chi connectivity index (χ3n) is 4.58. The van der Waals surface area contributed by atoms with E-state index in [-0.39, 0.29) is 29.4 Å². The van der Waals surface area contributed by atoms with Gasteiger partial charge in [0.05, 0.1) is 10.6 Å². The van der Waals surface area contributed by atoms with Gasteiger partial charge in [-0.05, 0) is 35.9 Å². The van der Waals surface area contributed by atoms with Crippen LogP contribution in [-0.2, 0) is 21.4 Å². The van der Waals surface area contributed by atoms with Gasteiger partial charge >= 0.3 is 0 Å². The number of nitrogens with one attached hydrogen (secondary N) is 1. The normalized spacial score (nSPS) is 18.1. The topological polar surface area (TPSA) is 84.9 Å². The average Bonchev–Trinajstić information content (AvgIpc) is 3.13. The predicted molar refractivity (Wildman–Crippen MR) is 106 cm³/mol. The summed E-state index contributed by atoms with van der Waals surface area (Å²) in [6, 6.07) is 10.2. The summed E-state index contributed by atoms with van der Waals surface area (Å²) in [5.41, 5.74) is 1.40. The first-order valence-corrected chi connectivity index (χ1v) is 11.2. The molecule has 148 valence electrons. The minimum Gasteiger partial charge on any atom is -0.454 e. The largest absolute Gasteiger partial charge is 0.454 e. The van der Waals surface area contributed by atoms with Crippen LogP contribution in [0.2, 0.25) is 0 Å². The molecule has 0 aromatic heterocycles. The van der Waals surface area contributed by atoms with Crippen molar-refractivity contribution in [3.8, 4) is 11.5 Å². The highest BCUT2D eigenvalue weighted by molar-refractivity contribution is 8.00. The highest BCUT2D eigenvalue weighted by atomic mass is 32.2. The molecule has 1 amide bonds. The van der Waals surface area contributed by atoms with Crippen molar-refractivity contribution in [2.24, 2.45) is 0 Å². The fraction of sp³-hybridized carbons (Fsp3) is 0.316. The molecule has 2 aromatic carbocycles. The van der Waals surface area contributed by atoms with Crippen molar-refractivity contribution >= 4 is 33.4 Å². The molecule has 1 N–H and O–H groups in total. The molecule has 1 atom stereocenters. The van der Waals surface area contributed by atoms with Gasteiger partial charge in [-0.15, -0.1) is 11.8 Å². The van der Waals surface area contributed by atoms with E-state index < -0.39 is 10.0 Å². The van der Waals surface area contributed by atoms with E-state index in [1.807, 2.05) is 6.92 Å². The van der Waals surface area contributed by atoms with Gasteiger partial charge in [-0.2, -0.15) is 0 Å². The van der Waals surface area contributed by atoms with Crippen molar-refractivity contribution in [1.29, 1.82) is 0 Å². The Morgan fingerprint density at radius 2 is 2.00 bits per heavy atom. The third kappa shape index (κ3) is 3.69. The number of anilines is 1. The Bertz CT molecular complexity index is 1040. The van der Waals surface area contributed by atoms with Gasteiger partial charge in [-0.25, -0.2) is 13.1 Å². The minimum absolute atomic E-state index is 0.101. The maximum Gasteiger partial charge on any atom is 0.240 e. The molecular formula is C19H20N2O5S2. The van der Waals surface area contributed by atoms with Crippen molar-refractivity contribution in [2.45, 2.75) is 35.4 Å². The number of rotatable bonds is 4. The summed E-state index contributed by atoms with van der Waals surface area (Å²) in [5.74, 6) is 1.15. The summed E-state index contributed by atoms with van der Waals surface area (Å²) in [6.07, 6.45) is 0. The number of thioether (sulfide) groups is 1. The number of benzene rings is 2. The molecule has 0 spiro atoms. The van der Waals surface area contributed by atoms with Crippen molar-refractivity contribution in [3.05, 3.63) is 42.0 Å². The molecule has 0 bridgehead atoms. The number of carbonyl (C=O) groups is 1. The van der Waals surface area contributed by atoms with E-state index >= 15 is 0 Å². The number of hydrogen-bond donors (Lipinski definition) is 1. The van der Waals surface area contributed by atoms with Crippen LogP contribution in [0.15, 0.2) is 46.2 Å². The predicted octanol–water partition coefficient (Wildman–Crippen LogP) is 2.74. The molecule has 0 aliphatic carbocycles. The van der Waals surface area contributed by atoms with Crippen LogP contribution >= 0.6 is 11.8 Å². The number of amides is 1. The second-order valence-electron chi connectivity index (χ2n) is 6.70. The molecule has 9 heteroatoms. The monoisotopic (exact) mass is 420 g/mol. The highest BCUT2D eigenvalue weighted by Crippen LogP contribution is 2.39. The second-order valence-corrected chi connectivity index (χ2v) is 9.95. The molecule has 2 aromatic rings. The molecule has 0 radical (unpaired) electrons. The van der Waals surface area contributed by atoms with E-state index in [4.69, 9.17) is 9.47 Å². The van der Waals surface area contributed by atoms with Crippen LogP contribution in [0.1, 0.15) is 19.4 Å². The number of carbonyl (C=O) groups excluding carboxylic acids is 1. The van der Waals surface area contributed by atoms with E-state index in [0.29, 0.717) is 23.7 Å². The SMILES string of the molecule is CC(=O)N1C[C@H](C)Sc2ccc(S(=O)(=O)NCc3ccc4c(c3)OCO4)cc21. The molecule has 28 heavy (non-hydrogen) atoms. The number of ether oxygens (including phenoxy) is 2. The molecule has 0 saturated carbocycles. The van der Waals surface area contributed by atoms with Gasteiger partial charge in [0, 0.05) is 30.2 Å². The Labute approximate surface area is 168 Å². The van der Waals surface area contributed by atoms with Crippen LogP contribution in [0.4, 0.5) is 5.69 Å². The zero-order chi connectivity index (χ0) is 19.9. The summed E-state index contributed by atoms with van der Waals surface area (Å²) in [7, 11) is -3.74. The molecule has 4 rings (SSSR count). The number of fused-ring (bicyclic) bond motifs is 2. The number of sulfonamides is 1. The lowest BCUT2D eigenvalue weighted by molar-refractivity contribution is -0.116. The second kappa shape index (κ2) is 7.31. The van der Waals surface area contributed by atoms with Crippen molar-refractivity contribution in [3.63, 3.8) is 0 Å². The summed E-state index contributed by atoms with van der Waals surface area (Å²) < 4.78 is 38.8. The highest BCUT2D eigenvalue weighted by Gasteiger charge is 2.27. The van der Waals surface area contributed by atoms with Crippen LogP contribution in [0, 0.1) is 0 Å². The third-order valence-corrected chi connectivity index (χ3v) is 7.13. The molecule has 2 aliphatic rings. The van der Waals surface area contributed by atoms with E-state index in [9.17, 15) is 13.2 Å². The van der Waals surface area contributed by atoms with E-state index in [1.165, 1.54) is 6.92 Å². The van der Waals surface area contributed by atoms with E-state index in [1.54, 1.807) is 53.1 Å². The maximum absolute atomic E-state index is 12.8. The lowest BCUT2D eigenvalue weighted by Crippen LogP contribution is -2.37. The van der Waals surface area contributed by atoms with Gasteiger partial charge in [0.15, 0.2) is 11.5 Å². The molecule has 0 unspecified atom stereocenters. The van der Waals surface area contributed by atoms with E-state index in [0.717, 1.165) is 10.5 Å². The van der Waals surface area contributed by atoms with E-state index in [2.05, 4.69) is 4.72 Å². The van der Waals surface area contributed by atoms with Crippen LogP contribution in [-0.4, -0.2) is 32.9 Å². The number of hydrogen-bond acceptors (Lipinski definition) is 6. The molecular weight excluding hydrogens is 400 g/mol. The summed E-state index contributed by atoms with van der Waals surface area (Å²) in [4.78, 5) is 14.7. The van der Waals surface area contributed by atoms with Gasteiger partial charge in [0.2, 0.25) is 22.7 Å². The summed E-state index contributed by atoms with van der Waals surface area (Å²) in [5, 5.41) is 0.253. The quantitative estimate of drug-likeness (QED) is 0.819. The van der Waals surface area contributed by atoms with Gasteiger partial charge in [0.25, 0.3) is 0 Å². The van der Waals surface area contributed by atoms with Crippen LogP contribution in [0.5, 0.6) is 11.5 Å². The van der Waals surface area contributed by atoms with Gasteiger partial charge in [0.1, 0.15) is 0 Å². The van der Waals surface area contributed by atoms with Crippen LogP contribution in [0.3, 0.4) is 0 Å². The average molecular weight is 421 g/mol. The first kappa shape index (κ1) is 19.1. The molecule has 7 nitrogen and oxygen atoms in total. The Morgan fingerprint density at radius 1 is 1.21 bits per heavy atom. The standard InChI is InChI=1S/C19H20N2O5S2/c1-12-10-21(13(2)22)16-8-15(4-6-19(16)27-12)28(23,24)20-9-14-3-5-17-18(7-14)26-11-25-17/h3-8,12,20H,9-11H2,1-2H3/t12-/m0/s1. The van der Waals surface area contributed by atoms with Gasteiger partial charge < -0.3 is 14.4 Å². The first-order valence-electron chi connectivity index (χ1n) is 8.80. The summed E-state index contributed by atoms with van der Waals surface area (Å²) in [6.45, 7) is 4.38. The van der Waals surface area contributed by atoms with Gasteiger partial charge in [-0.1, -0.05) is 13.0 Å².